The molecular formula is C18H22N6S. The third kappa shape index (κ3) is 2.61. The van der Waals surface area contributed by atoms with Crippen molar-refractivity contribution in [3.8, 4) is 0 Å². The maximum atomic E-state index is 4.88. The molecule has 0 aromatic carbocycles. The fourth-order valence-electron chi connectivity index (χ4n) is 4.23. The molecule has 6 nitrogen and oxygen atoms in total. The van der Waals surface area contributed by atoms with Gasteiger partial charge in [0.15, 0.2) is 0 Å². The van der Waals surface area contributed by atoms with Gasteiger partial charge in [0.1, 0.15) is 16.5 Å². The molecule has 3 aromatic heterocycles. The van der Waals surface area contributed by atoms with Gasteiger partial charge in [-0.15, -0.1) is 16.4 Å². The Balaban J connectivity index is 1.49. The van der Waals surface area contributed by atoms with Gasteiger partial charge in [-0.05, 0) is 51.0 Å². The fraction of sp³-hybridized carbons (Fsp3) is 0.556. The normalized spacial score (nSPS) is 18.7. The van der Waals surface area contributed by atoms with Crippen LogP contribution in [0.5, 0.6) is 0 Å². The molecule has 0 unspecified atom stereocenters. The fourth-order valence-corrected chi connectivity index (χ4v) is 5.53. The van der Waals surface area contributed by atoms with Crippen LogP contribution in [0.1, 0.15) is 48.0 Å². The molecule has 1 aliphatic carbocycles. The number of aryl methyl sites for hydroxylation is 3. The van der Waals surface area contributed by atoms with E-state index in [4.69, 9.17) is 9.97 Å². The van der Waals surface area contributed by atoms with Gasteiger partial charge in [-0.1, -0.05) is 5.21 Å². The predicted molar refractivity (Wildman–Crippen MR) is 99.3 cm³/mol. The third-order valence-corrected chi connectivity index (χ3v) is 6.67. The number of hydrogen-bond donors (Lipinski definition) is 0. The SMILES string of the molecule is Cc1nc(N2CCC(n3ccnn3)CC2)c2c3c(sc2n1)CCCC3. The van der Waals surface area contributed by atoms with Crippen LogP contribution in [-0.2, 0) is 12.8 Å². The zero-order valence-electron chi connectivity index (χ0n) is 14.5. The van der Waals surface area contributed by atoms with Crippen molar-refractivity contribution < 1.29 is 0 Å². The van der Waals surface area contributed by atoms with Crippen molar-refractivity contribution in [2.24, 2.45) is 0 Å². The number of piperidine rings is 1. The maximum absolute atomic E-state index is 4.88. The van der Waals surface area contributed by atoms with Crippen molar-refractivity contribution in [1.29, 1.82) is 0 Å². The number of hydrogen-bond acceptors (Lipinski definition) is 6. The summed E-state index contributed by atoms with van der Waals surface area (Å²) in [6, 6.07) is 0.452. The van der Waals surface area contributed by atoms with Crippen LogP contribution in [0, 0.1) is 6.92 Å². The molecule has 130 valence electrons. The molecular weight excluding hydrogens is 332 g/mol. The van der Waals surface area contributed by atoms with E-state index in [0.29, 0.717) is 6.04 Å². The van der Waals surface area contributed by atoms with E-state index in [1.807, 2.05) is 29.1 Å². The Hall–Kier alpha value is -2.02. The van der Waals surface area contributed by atoms with Gasteiger partial charge in [-0.3, -0.25) is 0 Å². The lowest BCUT2D eigenvalue weighted by Crippen LogP contribution is -2.35. The molecule has 1 fully saturated rings. The van der Waals surface area contributed by atoms with Gasteiger partial charge in [-0.25, -0.2) is 14.6 Å². The Morgan fingerprint density at radius 3 is 2.76 bits per heavy atom. The predicted octanol–water partition coefficient (Wildman–Crippen LogP) is 3.31. The minimum atomic E-state index is 0.452. The van der Waals surface area contributed by atoms with Crippen LogP contribution in [0.4, 0.5) is 5.82 Å². The van der Waals surface area contributed by atoms with Gasteiger partial charge in [0.2, 0.25) is 0 Å². The molecule has 0 saturated carbocycles. The molecule has 7 heteroatoms. The van der Waals surface area contributed by atoms with Gasteiger partial charge >= 0.3 is 0 Å². The van der Waals surface area contributed by atoms with Crippen LogP contribution < -0.4 is 4.90 Å². The first-order valence-corrected chi connectivity index (χ1v) is 10.0. The van der Waals surface area contributed by atoms with Crippen LogP contribution >= 0.6 is 11.3 Å². The highest BCUT2D eigenvalue weighted by Gasteiger charge is 2.27. The standard InChI is InChI=1S/C18H22N6S/c1-12-20-17(16-14-4-2-3-5-15(14)25-18(16)21-12)23-9-6-13(7-10-23)24-11-8-19-22-24/h8,11,13H,2-7,9-10H2,1H3. The number of nitrogens with zero attached hydrogens (tertiary/aromatic N) is 6. The summed E-state index contributed by atoms with van der Waals surface area (Å²) >= 11 is 1.89. The van der Waals surface area contributed by atoms with Gasteiger partial charge in [0, 0.05) is 24.2 Å². The summed E-state index contributed by atoms with van der Waals surface area (Å²) in [6.07, 6.45) is 10.9. The first-order chi connectivity index (χ1) is 12.3. The Morgan fingerprint density at radius 1 is 1.12 bits per heavy atom. The van der Waals surface area contributed by atoms with Crippen molar-refractivity contribution >= 4 is 27.4 Å². The number of thiophene rings is 1. The van der Waals surface area contributed by atoms with E-state index >= 15 is 0 Å². The molecule has 0 spiro atoms. The lowest BCUT2D eigenvalue weighted by Gasteiger charge is -2.33. The minimum absolute atomic E-state index is 0.452. The molecule has 0 amide bonds. The molecule has 0 radical (unpaired) electrons. The first kappa shape index (κ1) is 15.3. The van der Waals surface area contributed by atoms with Crippen LogP contribution in [-0.4, -0.2) is 38.1 Å². The van der Waals surface area contributed by atoms with E-state index < -0.39 is 0 Å². The number of rotatable bonds is 2. The summed E-state index contributed by atoms with van der Waals surface area (Å²) in [5, 5.41) is 9.46. The summed E-state index contributed by atoms with van der Waals surface area (Å²) in [6.45, 7) is 4.05. The van der Waals surface area contributed by atoms with Crippen LogP contribution in [0.3, 0.4) is 0 Å². The van der Waals surface area contributed by atoms with E-state index in [2.05, 4.69) is 15.2 Å². The molecule has 1 aliphatic heterocycles. The molecule has 0 atom stereocenters. The Bertz CT molecular complexity index is 892. The highest BCUT2D eigenvalue weighted by atomic mass is 32.1. The van der Waals surface area contributed by atoms with E-state index in [9.17, 15) is 0 Å². The molecule has 25 heavy (non-hydrogen) atoms. The van der Waals surface area contributed by atoms with E-state index in [0.717, 1.165) is 31.8 Å². The second-order valence-corrected chi connectivity index (χ2v) is 8.17. The summed E-state index contributed by atoms with van der Waals surface area (Å²) < 4.78 is 2.00. The quantitative estimate of drug-likeness (QED) is 0.706. The zero-order chi connectivity index (χ0) is 16.8. The Labute approximate surface area is 150 Å². The van der Waals surface area contributed by atoms with Crippen molar-refractivity contribution in [3.05, 3.63) is 28.7 Å². The van der Waals surface area contributed by atoms with Gasteiger partial charge in [-0.2, -0.15) is 0 Å². The van der Waals surface area contributed by atoms with E-state index in [-0.39, 0.29) is 0 Å². The van der Waals surface area contributed by atoms with Crippen molar-refractivity contribution in [3.63, 3.8) is 0 Å². The van der Waals surface area contributed by atoms with Gasteiger partial charge in [0.25, 0.3) is 0 Å². The Morgan fingerprint density at radius 2 is 1.96 bits per heavy atom. The van der Waals surface area contributed by atoms with Crippen LogP contribution in [0.15, 0.2) is 12.4 Å². The Kier molecular flexibility index (Phi) is 3.69. The van der Waals surface area contributed by atoms with Crippen LogP contribution in [0.2, 0.25) is 0 Å². The van der Waals surface area contributed by atoms with E-state index in [1.54, 1.807) is 11.1 Å². The second kappa shape index (κ2) is 6.05. The smallest absolute Gasteiger partial charge is 0.141 e. The van der Waals surface area contributed by atoms with Gasteiger partial charge in [0.05, 0.1) is 17.6 Å². The average molecular weight is 354 g/mol. The average Bonchev–Trinajstić information content (AvgIpc) is 3.28. The summed E-state index contributed by atoms with van der Waals surface area (Å²) in [5.41, 5.74) is 1.53. The summed E-state index contributed by atoms with van der Waals surface area (Å²) in [4.78, 5) is 14.8. The number of aromatic nitrogens is 5. The van der Waals surface area contributed by atoms with Crippen LogP contribution in [0.25, 0.3) is 10.2 Å². The largest absolute Gasteiger partial charge is 0.356 e. The van der Waals surface area contributed by atoms with Gasteiger partial charge < -0.3 is 4.90 Å². The lowest BCUT2D eigenvalue weighted by molar-refractivity contribution is 0.359. The highest BCUT2D eigenvalue weighted by Crippen LogP contribution is 2.40. The zero-order valence-corrected chi connectivity index (χ0v) is 15.3. The summed E-state index contributed by atoms with van der Waals surface area (Å²) in [5.74, 6) is 2.05. The van der Waals surface area contributed by atoms with Crippen molar-refractivity contribution in [2.75, 3.05) is 18.0 Å². The number of fused-ring (bicyclic) bond motifs is 3. The molecule has 2 aliphatic rings. The molecule has 5 rings (SSSR count). The van der Waals surface area contributed by atoms with Crippen molar-refractivity contribution in [2.45, 2.75) is 51.5 Å². The molecule has 4 heterocycles. The molecule has 0 bridgehead atoms. The maximum Gasteiger partial charge on any atom is 0.141 e. The minimum Gasteiger partial charge on any atom is -0.356 e. The third-order valence-electron chi connectivity index (χ3n) is 5.49. The monoisotopic (exact) mass is 354 g/mol. The van der Waals surface area contributed by atoms with E-state index in [1.165, 1.54) is 47.3 Å². The second-order valence-electron chi connectivity index (χ2n) is 7.09. The lowest BCUT2D eigenvalue weighted by atomic mass is 9.96. The number of anilines is 1. The summed E-state index contributed by atoms with van der Waals surface area (Å²) in [7, 11) is 0. The molecule has 3 aromatic rings. The molecule has 0 N–H and O–H groups in total. The first-order valence-electron chi connectivity index (χ1n) is 9.19. The highest BCUT2D eigenvalue weighted by molar-refractivity contribution is 7.19. The molecule has 1 saturated heterocycles. The topological polar surface area (TPSA) is 59.7 Å². The van der Waals surface area contributed by atoms with Crippen molar-refractivity contribution in [1.82, 2.24) is 25.0 Å².